The van der Waals surface area contributed by atoms with Crippen LogP contribution in [0.25, 0.3) is 5.70 Å². The number of nitrogens with zero attached hydrogens (tertiary/aromatic N) is 1. The van der Waals surface area contributed by atoms with Crippen LogP contribution in [0, 0.1) is 0 Å². The van der Waals surface area contributed by atoms with Gasteiger partial charge in [0.15, 0.2) is 5.78 Å². The number of aliphatic hydroxyl groups excluding tert-OH is 1. The van der Waals surface area contributed by atoms with E-state index in [0.29, 0.717) is 5.56 Å². The number of carbonyl (C=O) groups excluding carboxylic acids is 1. The largest absolute Gasteiger partial charge is 0.483 e. The van der Waals surface area contributed by atoms with Crippen LogP contribution < -0.4 is 4.74 Å². The van der Waals surface area contributed by atoms with Crippen LogP contribution >= 0.6 is 0 Å². The number of aliphatic hydroxyl groups is 1. The highest BCUT2D eigenvalue weighted by molar-refractivity contribution is 5.95. The quantitative estimate of drug-likeness (QED) is 0.850. The number of rotatable bonds is 2. The van der Waals surface area contributed by atoms with E-state index in [4.69, 9.17) is 4.74 Å². The van der Waals surface area contributed by atoms with Crippen LogP contribution in [-0.2, 0) is 0 Å². The summed E-state index contributed by atoms with van der Waals surface area (Å²) in [5.74, 6) is 0.797. The van der Waals surface area contributed by atoms with Gasteiger partial charge >= 0.3 is 0 Å². The van der Waals surface area contributed by atoms with Crippen molar-refractivity contribution in [3.05, 3.63) is 35.4 Å². The van der Waals surface area contributed by atoms with Crippen molar-refractivity contribution in [1.82, 2.24) is 4.90 Å². The number of likely N-dealkylation sites (tertiary alicyclic amines) is 1. The second-order valence-electron chi connectivity index (χ2n) is 6.32. The van der Waals surface area contributed by atoms with E-state index in [-0.39, 0.29) is 5.78 Å². The molecule has 4 heteroatoms. The Labute approximate surface area is 125 Å². The van der Waals surface area contributed by atoms with Gasteiger partial charge in [-0.2, -0.15) is 0 Å². The van der Waals surface area contributed by atoms with E-state index in [1.54, 1.807) is 13.0 Å². The van der Waals surface area contributed by atoms with Crippen LogP contribution in [0.15, 0.2) is 24.3 Å². The molecule has 0 bridgehead atoms. The minimum absolute atomic E-state index is 0.0314. The number of ketones is 1. The molecule has 0 radical (unpaired) electrons. The number of benzene rings is 1. The topological polar surface area (TPSA) is 49.8 Å². The monoisotopic (exact) mass is 287 g/mol. The summed E-state index contributed by atoms with van der Waals surface area (Å²) in [5.41, 5.74) is 2.09. The van der Waals surface area contributed by atoms with Crippen LogP contribution in [0.5, 0.6) is 5.75 Å². The van der Waals surface area contributed by atoms with Crippen LogP contribution in [0.1, 0.15) is 49.5 Å². The van der Waals surface area contributed by atoms with Crippen molar-refractivity contribution in [2.24, 2.45) is 0 Å². The highest BCUT2D eigenvalue weighted by atomic mass is 16.5. The van der Waals surface area contributed by atoms with E-state index in [2.05, 4.69) is 0 Å². The third-order valence-electron chi connectivity index (χ3n) is 4.05. The summed E-state index contributed by atoms with van der Waals surface area (Å²) in [7, 11) is 0. The summed E-state index contributed by atoms with van der Waals surface area (Å²) < 4.78 is 5.98. The predicted octanol–water partition coefficient (Wildman–Crippen LogP) is 2.82. The zero-order valence-corrected chi connectivity index (χ0v) is 12.7. The van der Waals surface area contributed by atoms with E-state index >= 15 is 0 Å². The van der Waals surface area contributed by atoms with E-state index in [1.165, 1.54) is 0 Å². The number of hydrogen-bond acceptors (Lipinski definition) is 4. The van der Waals surface area contributed by atoms with Gasteiger partial charge in [-0.05, 0) is 57.9 Å². The fourth-order valence-corrected chi connectivity index (χ4v) is 3.03. The first-order chi connectivity index (χ1) is 9.87. The summed E-state index contributed by atoms with van der Waals surface area (Å²) in [6.45, 7) is 6.38. The third kappa shape index (κ3) is 2.56. The molecule has 4 nitrogen and oxygen atoms in total. The van der Waals surface area contributed by atoms with Gasteiger partial charge in [-0.3, -0.25) is 4.79 Å². The fraction of sp³-hybridized carbons (Fsp3) is 0.471. The van der Waals surface area contributed by atoms with Gasteiger partial charge in [-0.1, -0.05) is 0 Å². The first-order valence-corrected chi connectivity index (χ1v) is 7.39. The Bertz CT molecular complexity index is 618. The summed E-state index contributed by atoms with van der Waals surface area (Å²) >= 11 is 0. The minimum atomic E-state index is -0.459. The maximum absolute atomic E-state index is 11.6. The van der Waals surface area contributed by atoms with Gasteiger partial charge in [-0.15, -0.1) is 0 Å². The molecule has 0 saturated carbocycles. The number of fused-ring (bicyclic) bond motifs is 1. The van der Waals surface area contributed by atoms with Gasteiger partial charge in [0.25, 0.3) is 0 Å². The molecular weight excluding hydrogens is 266 g/mol. The predicted molar refractivity (Wildman–Crippen MR) is 81.1 cm³/mol. The lowest BCUT2D eigenvalue weighted by atomic mass is 9.96. The van der Waals surface area contributed by atoms with Crippen LogP contribution in [0.3, 0.4) is 0 Å². The number of ether oxygens (including phenoxy) is 1. The van der Waals surface area contributed by atoms with Crippen molar-refractivity contribution >= 4 is 11.5 Å². The lowest BCUT2D eigenvalue weighted by Gasteiger charge is -2.36. The van der Waals surface area contributed by atoms with E-state index < -0.39 is 11.8 Å². The molecule has 1 fully saturated rings. The van der Waals surface area contributed by atoms with Gasteiger partial charge in [0.2, 0.25) is 0 Å². The lowest BCUT2D eigenvalue weighted by molar-refractivity contribution is 0.0754. The van der Waals surface area contributed by atoms with E-state index in [0.717, 1.165) is 36.4 Å². The molecule has 1 atom stereocenters. The molecule has 112 valence electrons. The summed E-state index contributed by atoms with van der Waals surface area (Å²) in [6.07, 6.45) is 3.33. The maximum atomic E-state index is 11.6. The smallest absolute Gasteiger partial charge is 0.159 e. The molecule has 1 N–H and O–H groups in total. The average molecular weight is 287 g/mol. The van der Waals surface area contributed by atoms with Crippen molar-refractivity contribution in [2.45, 2.75) is 45.4 Å². The molecule has 0 spiro atoms. The lowest BCUT2D eigenvalue weighted by Crippen LogP contribution is -2.35. The standard InChI is InChI=1S/C17H21NO3/c1-11(19)12-6-7-15-13(9-12)14(10-17(2,3)21-15)18-8-4-5-16(18)20/h6-7,9-10,16,20H,4-5,8H2,1-3H3. The zero-order valence-electron chi connectivity index (χ0n) is 12.7. The van der Waals surface area contributed by atoms with Crippen LogP contribution in [-0.4, -0.2) is 34.2 Å². The number of Topliss-reactive ketones (excluding diaryl/α,β-unsaturated/α-hetero) is 1. The van der Waals surface area contributed by atoms with E-state index in [1.807, 2.05) is 37.0 Å². The maximum Gasteiger partial charge on any atom is 0.159 e. The Hall–Kier alpha value is -1.81. The Morgan fingerprint density at radius 3 is 2.81 bits per heavy atom. The molecule has 3 rings (SSSR count). The molecule has 2 aliphatic heterocycles. The second-order valence-corrected chi connectivity index (χ2v) is 6.32. The SMILES string of the molecule is CC(=O)c1ccc2c(c1)C(N1CCCC1O)=CC(C)(C)O2. The molecule has 1 saturated heterocycles. The Morgan fingerprint density at radius 2 is 2.19 bits per heavy atom. The van der Waals surface area contributed by atoms with Crippen LogP contribution in [0.4, 0.5) is 0 Å². The van der Waals surface area contributed by atoms with Gasteiger partial charge in [-0.25, -0.2) is 0 Å². The molecule has 0 amide bonds. The van der Waals surface area contributed by atoms with Crippen molar-refractivity contribution < 1.29 is 14.6 Å². The summed E-state index contributed by atoms with van der Waals surface area (Å²) in [6, 6.07) is 5.51. The van der Waals surface area contributed by atoms with Gasteiger partial charge in [0.1, 0.15) is 17.6 Å². The Kier molecular flexibility index (Phi) is 3.29. The molecule has 2 aliphatic rings. The molecule has 21 heavy (non-hydrogen) atoms. The average Bonchev–Trinajstić information content (AvgIpc) is 2.82. The number of hydrogen-bond donors (Lipinski definition) is 1. The van der Waals surface area contributed by atoms with Crippen molar-refractivity contribution in [3.8, 4) is 5.75 Å². The van der Waals surface area contributed by atoms with Crippen molar-refractivity contribution in [2.75, 3.05) is 6.54 Å². The van der Waals surface area contributed by atoms with Gasteiger partial charge < -0.3 is 14.7 Å². The highest BCUT2D eigenvalue weighted by Gasteiger charge is 2.33. The summed E-state index contributed by atoms with van der Waals surface area (Å²) in [4.78, 5) is 13.6. The first kappa shape index (κ1) is 14.1. The zero-order chi connectivity index (χ0) is 15.2. The first-order valence-electron chi connectivity index (χ1n) is 7.39. The number of carbonyl (C=O) groups is 1. The molecule has 1 aromatic rings. The van der Waals surface area contributed by atoms with Crippen molar-refractivity contribution in [3.63, 3.8) is 0 Å². The Balaban J connectivity index is 2.11. The normalized spacial score (nSPS) is 23.3. The third-order valence-corrected chi connectivity index (χ3v) is 4.05. The molecule has 0 aromatic heterocycles. The second kappa shape index (κ2) is 4.88. The van der Waals surface area contributed by atoms with E-state index in [9.17, 15) is 9.90 Å². The van der Waals surface area contributed by atoms with Crippen LogP contribution in [0.2, 0.25) is 0 Å². The fourth-order valence-electron chi connectivity index (χ4n) is 3.03. The molecule has 1 unspecified atom stereocenters. The summed E-state index contributed by atoms with van der Waals surface area (Å²) in [5, 5.41) is 10.2. The molecule has 0 aliphatic carbocycles. The Morgan fingerprint density at radius 1 is 1.43 bits per heavy atom. The molecule has 2 heterocycles. The van der Waals surface area contributed by atoms with Crippen molar-refractivity contribution in [1.29, 1.82) is 0 Å². The highest BCUT2D eigenvalue weighted by Crippen LogP contribution is 2.40. The van der Waals surface area contributed by atoms with Gasteiger partial charge in [0, 0.05) is 23.4 Å². The molecular formula is C17H21NO3. The minimum Gasteiger partial charge on any atom is -0.483 e. The molecule has 1 aromatic carbocycles. The van der Waals surface area contributed by atoms with Gasteiger partial charge in [0.05, 0.1) is 0 Å².